The van der Waals surface area contributed by atoms with Crippen LogP contribution in [-0.2, 0) is 0 Å². The van der Waals surface area contributed by atoms with Crippen LogP contribution in [0.1, 0.15) is 23.3 Å². The minimum absolute atomic E-state index is 0.179. The van der Waals surface area contributed by atoms with Crippen LogP contribution in [0.15, 0.2) is 53.6 Å². The Morgan fingerprint density at radius 3 is 2.47 bits per heavy atom. The molecule has 0 aliphatic carbocycles. The predicted molar refractivity (Wildman–Crippen MR) is 79.2 cm³/mol. The van der Waals surface area contributed by atoms with Crippen molar-refractivity contribution in [3.8, 4) is 0 Å². The van der Waals surface area contributed by atoms with E-state index in [0.29, 0.717) is 6.54 Å². The van der Waals surface area contributed by atoms with Crippen molar-refractivity contribution >= 4 is 11.8 Å². The van der Waals surface area contributed by atoms with Crippen LogP contribution in [0.3, 0.4) is 0 Å². The predicted octanol–water partition coefficient (Wildman–Crippen LogP) is 2.58. The van der Waals surface area contributed by atoms with Crippen molar-refractivity contribution in [2.75, 3.05) is 12.8 Å². The molecule has 0 saturated carbocycles. The first kappa shape index (κ1) is 14.1. The van der Waals surface area contributed by atoms with Gasteiger partial charge >= 0.3 is 0 Å². The molecule has 2 rings (SSSR count). The van der Waals surface area contributed by atoms with Crippen molar-refractivity contribution in [2.24, 2.45) is 5.73 Å². The normalized spacial score (nSPS) is 14.1. The molecule has 0 amide bonds. The fourth-order valence-electron chi connectivity index (χ4n) is 2.04. The molecule has 2 atom stereocenters. The largest absolute Gasteiger partial charge is 0.388 e. The fourth-order valence-corrected chi connectivity index (χ4v) is 2.45. The molecular formula is C15H18N2OS. The second-order valence-corrected chi connectivity index (χ2v) is 5.19. The number of nitrogens with zero attached hydrogens (tertiary/aromatic N) is 1. The maximum atomic E-state index is 10.5. The highest BCUT2D eigenvalue weighted by Gasteiger charge is 2.22. The summed E-state index contributed by atoms with van der Waals surface area (Å²) in [6.07, 6.45) is 3.12. The van der Waals surface area contributed by atoms with E-state index in [2.05, 4.69) is 4.98 Å². The molecule has 19 heavy (non-hydrogen) atoms. The number of thioether (sulfide) groups is 1. The number of benzene rings is 1. The van der Waals surface area contributed by atoms with Crippen molar-refractivity contribution in [1.29, 1.82) is 0 Å². The Balaban J connectivity index is 2.22. The molecule has 0 spiro atoms. The lowest BCUT2D eigenvalue weighted by atomic mass is 9.92. The van der Waals surface area contributed by atoms with Gasteiger partial charge in [0.1, 0.15) is 0 Å². The Kier molecular flexibility index (Phi) is 4.96. The molecule has 3 N–H and O–H groups in total. The molecule has 100 valence electrons. The molecule has 0 bridgehead atoms. The highest BCUT2D eigenvalue weighted by atomic mass is 32.2. The number of aromatic nitrogens is 1. The summed E-state index contributed by atoms with van der Waals surface area (Å²) < 4.78 is 0. The van der Waals surface area contributed by atoms with Gasteiger partial charge in [-0.3, -0.25) is 4.98 Å². The minimum atomic E-state index is -0.629. The number of aliphatic hydroxyl groups is 1. The molecule has 0 aliphatic heterocycles. The lowest BCUT2D eigenvalue weighted by Gasteiger charge is -2.21. The van der Waals surface area contributed by atoms with Crippen molar-refractivity contribution in [2.45, 2.75) is 16.9 Å². The molecule has 1 heterocycles. The summed E-state index contributed by atoms with van der Waals surface area (Å²) in [5, 5.41) is 10.5. The SMILES string of the molecule is CSc1ccc(C(O)C(CN)c2ccccn2)cc1. The zero-order valence-electron chi connectivity index (χ0n) is 10.9. The second kappa shape index (κ2) is 6.70. The fraction of sp³-hybridized carbons (Fsp3) is 0.267. The third kappa shape index (κ3) is 3.35. The van der Waals surface area contributed by atoms with Gasteiger partial charge in [-0.1, -0.05) is 18.2 Å². The van der Waals surface area contributed by atoms with E-state index in [4.69, 9.17) is 5.73 Å². The summed E-state index contributed by atoms with van der Waals surface area (Å²) in [6, 6.07) is 13.6. The van der Waals surface area contributed by atoms with Crippen LogP contribution in [0.2, 0.25) is 0 Å². The monoisotopic (exact) mass is 274 g/mol. The minimum Gasteiger partial charge on any atom is -0.388 e. The van der Waals surface area contributed by atoms with E-state index in [1.165, 1.54) is 4.90 Å². The zero-order chi connectivity index (χ0) is 13.7. The topological polar surface area (TPSA) is 59.1 Å². The summed E-state index contributed by atoms with van der Waals surface area (Å²) in [4.78, 5) is 5.46. The molecule has 2 unspecified atom stereocenters. The van der Waals surface area contributed by atoms with Gasteiger partial charge in [-0.05, 0) is 36.1 Å². The number of aliphatic hydroxyl groups excluding tert-OH is 1. The molecule has 2 aromatic rings. The van der Waals surface area contributed by atoms with Crippen LogP contribution in [0.5, 0.6) is 0 Å². The third-order valence-electron chi connectivity index (χ3n) is 3.16. The molecule has 4 heteroatoms. The van der Waals surface area contributed by atoms with Gasteiger partial charge in [-0.25, -0.2) is 0 Å². The van der Waals surface area contributed by atoms with Crippen LogP contribution in [0.25, 0.3) is 0 Å². The summed E-state index contributed by atoms with van der Waals surface area (Å²) in [6.45, 7) is 0.364. The second-order valence-electron chi connectivity index (χ2n) is 4.31. The van der Waals surface area contributed by atoms with E-state index in [1.54, 1.807) is 18.0 Å². The molecule has 1 aromatic carbocycles. The lowest BCUT2D eigenvalue weighted by Crippen LogP contribution is -2.21. The molecule has 0 fully saturated rings. The van der Waals surface area contributed by atoms with Crippen LogP contribution >= 0.6 is 11.8 Å². The van der Waals surface area contributed by atoms with Gasteiger partial charge in [0.05, 0.1) is 6.10 Å². The highest BCUT2D eigenvalue weighted by Crippen LogP contribution is 2.29. The van der Waals surface area contributed by atoms with Gasteiger partial charge in [-0.2, -0.15) is 0 Å². The molecular weight excluding hydrogens is 256 g/mol. The first-order valence-corrected chi connectivity index (χ1v) is 7.41. The summed E-state index contributed by atoms with van der Waals surface area (Å²) in [5.74, 6) is -0.179. The number of pyridine rings is 1. The van der Waals surface area contributed by atoms with E-state index in [-0.39, 0.29) is 5.92 Å². The quantitative estimate of drug-likeness (QED) is 0.823. The average molecular weight is 274 g/mol. The Morgan fingerprint density at radius 1 is 1.21 bits per heavy atom. The van der Waals surface area contributed by atoms with Crippen molar-refractivity contribution in [3.63, 3.8) is 0 Å². The first-order valence-electron chi connectivity index (χ1n) is 6.19. The molecule has 0 saturated heterocycles. The Labute approximate surface area is 117 Å². The van der Waals surface area contributed by atoms with Crippen LogP contribution in [-0.4, -0.2) is 22.9 Å². The number of hydrogen-bond acceptors (Lipinski definition) is 4. The van der Waals surface area contributed by atoms with E-state index in [1.807, 2.05) is 48.7 Å². The van der Waals surface area contributed by atoms with Crippen LogP contribution in [0.4, 0.5) is 0 Å². The Hall–Kier alpha value is -1.36. The van der Waals surface area contributed by atoms with E-state index in [0.717, 1.165) is 11.3 Å². The van der Waals surface area contributed by atoms with Crippen LogP contribution in [0, 0.1) is 0 Å². The maximum absolute atomic E-state index is 10.5. The summed E-state index contributed by atoms with van der Waals surface area (Å²) >= 11 is 1.68. The van der Waals surface area contributed by atoms with Crippen molar-refractivity contribution < 1.29 is 5.11 Å². The molecule has 3 nitrogen and oxygen atoms in total. The summed E-state index contributed by atoms with van der Waals surface area (Å²) in [7, 11) is 0. The standard InChI is InChI=1S/C15H18N2OS/c1-19-12-7-5-11(6-8-12)15(18)13(10-16)14-4-2-3-9-17-14/h2-9,13,15,18H,10,16H2,1H3. The van der Waals surface area contributed by atoms with Crippen molar-refractivity contribution in [1.82, 2.24) is 4.98 Å². The third-order valence-corrected chi connectivity index (χ3v) is 3.90. The summed E-state index contributed by atoms with van der Waals surface area (Å²) in [5.41, 5.74) is 7.49. The van der Waals surface area contributed by atoms with Gasteiger partial charge in [-0.15, -0.1) is 11.8 Å². The van der Waals surface area contributed by atoms with Gasteiger partial charge in [0, 0.05) is 29.2 Å². The zero-order valence-corrected chi connectivity index (χ0v) is 11.7. The first-order chi connectivity index (χ1) is 9.26. The lowest BCUT2D eigenvalue weighted by molar-refractivity contribution is 0.145. The van der Waals surface area contributed by atoms with Gasteiger partial charge in [0.2, 0.25) is 0 Å². The number of nitrogens with two attached hydrogens (primary N) is 1. The van der Waals surface area contributed by atoms with E-state index < -0.39 is 6.10 Å². The maximum Gasteiger partial charge on any atom is 0.0885 e. The van der Waals surface area contributed by atoms with Gasteiger partial charge in [0.15, 0.2) is 0 Å². The van der Waals surface area contributed by atoms with E-state index in [9.17, 15) is 5.11 Å². The molecule has 1 aromatic heterocycles. The van der Waals surface area contributed by atoms with Crippen molar-refractivity contribution in [3.05, 3.63) is 59.9 Å². The van der Waals surface area contributed by atoms with Crippen LogP contribution < -0.4 is 5.73 Å². The average Bonchev–Trinajstić information content (AvgIpc) is 2.49. The Bertz CT molecular complexity index is 501. The van der Waals surface area contributed by atoms with Gasteiger partial charge < -0.3 is 10.8 Å². The highest BCUT2D eigenvalue weighted by molar-refractivity contribution is 7.98. The number of hydrogen-bond donors (Lipinski definition) is 2. The molecule has 0 radical (unpaired) electrons. The number of rotatable bonds is 5. The van der Waals surface area contributed by atoms with Gasteiger partial charge in [0.25, 0.3) is 0 Å². The smallest absolute Gasteiger partial charge is 0.0885 e. The molecule has 0 aliphatic rings. The van der Waals surface area contributed by atoms with E-state index >= 15 is 0 Å². The Morgan fingerprint density at radius 2 is 1.95 bits per heavy atom.